The number of aromatic hydroxyl groups is 1. The molecular formula is C15H10BrFO2. The molecule has 1 heterocycles. The van der Waals surface area contributed by atoms with Crippen LogP contribution in [-0.4, -0.2) is 5.11 Å². The molecular weight excluding hydrogens is 311 g/mol. The van der Waals surface area contributed by atoms with Crippen LogP contribution in [-0.2, 0) is 0 Å². The van der Waals surface area contributed by atoms with Crippen molar-refractivity contribution in [1.29, 1.82) is 0 Å². The number of rotatable bonds is 1. The molecule has 3 aromatic rings. The van der Waals surface area contributed by atoms with E-state index in [1.807, 2.05) is 6.92 Å². The Labute approximate surface area is 117 Å². The maximum Gasteiger partial charge on any atom is 0.141 e. The van der Waals surface area contributed by atoms with Crippen molar-refractivity contribution in [1.82, 2.24) is 0 Å². The molecule has 0 saturated heterocycles. The van der Waals surface area contributed by atoms with Gasteiger partial charge in [-0.1, -0.05) is 28.1 Å². The lowest BCUT2D eigenvalue weighted by Crippen LogP contribution is -1.84. The Morgan fingerprint density at radius 3 is 2.68 bits per heavy atom. The zero-order chi connectivity index (χ0) is 13.6. The van der Waals surface area contributed by atoms with Gasteiger partial charge in [0.15, 0.2) is 0 Å². The molecule has 0 unspecified atom stereocenters. The molecule has 2 nitrogen and oxygen atoms in total. The second-order valence-electron chi connectivity index (χ2n) is 4.38. The van der Waals surface area contributed by atoms with Crippen LogP contribution >= 0.6 is 15.9 Å². The summed E-state index contributed by atoms with van der Waals surface area (Å²) in [7, 11) is 0. The average Bonchev–Trinajstić information content (AvgIpc) is 2.80. The zero-order valence-corrected chi connectivity index (χ0v) is 11.7. The Hall–Kier alpha value is -1.81. The summed E-state index contributed by atoms with van der Waals surface area (Å²) < 4.78 is 20.2. The van der Waals surface area contributed by atoms with E-state index < -0.39 is 0 Å². The number of hydrogen-bond donors (Lipinski definition) is 1. The lowest BCUT2D eigenvalue weighted by molar-refractivity contribution is 0.481. The number of furan rings is 1. The maximum absolute atomic E-state index is 14.0. The molecule has 96 valence electrons. The number of phenolic OH excluding ortho intramolecular Hbond substituents is 1. The molecule has 0 amide bonds. The molecule has 0 saturated carbocycles. The Morgan fingerprint density at radius 2 is 1.95 bits per heavy atom. The van der Waals surface area contributed by atoms with Gasteiger partial charge in [0.1, 0.15) is 17.1 Å². The summed E-state index contributed by atoms with van der Waals surface area (Å²) in [6, 6.07) is 8.16. The molecule has 1 N–H and O–H groups in total. The highest BCUT2D eigenvalue weighted by molar-refractivity contribution is 9.10. The van der Waals surface area contributed by atoms with E-state index in [1.54, 1.807) is 24.3 Å². The first-order valence-corrected chi connectivity index (χ1v) is 6.52. The second kappa shape index (κ2) is 4.38. The molecule has 2 aromatic carbocycles. The van der Waals surface area contributed by atoms with E-state index in [4.69, 9.17) is 4.42 Å². The third-order valence-electron chi connectivity index (χ3n) is 3.12. The smallest absolute Gasteiger partial charge is 0.141 e. The highest BCUT2D eigenvalue weighted by Gasteiger charge is 2.16. The minimum Gasteiger partial charge on any atom is -0.507 e. The minimum atomic E-state index is -0.363. The van der Waals surface area contributed by atoms with Gasteiger partial charge in [-0.3, -0.25) is 0 Å². The molecule has 4 heteroatoms. The van der Waals surface area contributed by atoms with Crippen molar-refractivity contribution in [3.63, 3.8) is 0 Å². The van der Waals surface area contributed by atoms with Crippen LogP contribution < -0.4 is 0 Å². The molecule has 0 radical (unpaired) electrons. The van der Waals surface area contributed by atoms with Gasteiger partial charge in [0.2, 0.25) is 0 Å². The molecule has 19 heavy (non-hydrogen) atoms. The molecule has 0 spiro atoms. The molecule has 0 atom stereocenters. The first-order valence-electron chi connectivity index (χ1n) is 5.73. The van der Waals surface area contributed by atoms with Crippen LogP contribution in [0.15, 0.2) is 45.5 Å². The van der Waals surface area contributed by atoms with Gasteiger partial charge in [-0.25, -0.2) is 4.39 Å². The quantitative estimate of drug-likeness (QED) is 0.683. The van der Waals surface area contributed by atoms with Gasteiger partial charge < -0.3 is 9.52 Å². The van der Waals surface area contributed by atoms with Crippen LogP contribution in [0, 0.1) is 12.7 Å². The Morgan fingerprint density at radius 1 is 1.16 bits per heavy atom. The summed E-state index contributed by atoms with van der Waals surface area (Å²) in [6.45, 7) is 1.88. The van der Waals surface area contributed by atoms with E-state index in [1.165, 1.54) is 12.3 Å². The Kier molecular flexibility index (Phi) is 2.82. The van der Waals surface area contributed by atoms with Gasteiger partial charge in [0.25, 0.3) is 0 Å². The summed E-state index contributed by atoms with van der Waals surface area (Å²) in [4.78, 5) is 0. The summed E-state index contributed by atoms with van der Waals surface area (Å²) >= 11 is 3.22. The highest BCUT2D eigenvalue weighted by atomic mass is 79.9. The van der Waals surface area contributed by atoms with Crippen LogP contribution in [0.2, 0.25) is 0 Å². The molecule has 0 bridgehead atoms. The van der Waals surface area contributed by atoms with Gasteiger partial charge in [0.05, 0.1) is 11.6 Å². The second-order valence-corrected chi connectivity index (χ2v) is 5.29. The Bertz CT molecular complexity index is 777. The first-order chi connectivity index (χ1) is 9.08. The van der Waals surface area contributed by atoms with Crippen LogP contribution in [0.25, 0.3) is 22.1 Å². The van der Waals surface area contributed by atoms with Crippen molar-refractivity contribution in [3.05, 3.63) is 52.4 Å². The maximum atomic E-state index is 14.0. The minimum absolute atomic E-state index is 0.0895. The summed E-state index contributed by atoms with van der Waals surface area (Å²) in [6.07, 6.45) is 1.48. The fraction of sp³-hybridized carbons (Fsp3) is 0.0667. The largest absolute Gasteiger partial charge is 0.507 e. The summed E-state index contributed by atoms with van der Waals surface area (Å²) in [5, 5.41) is 10.5. The zero-order valence-electron chi connectivity index (χ0n) is 10.1. The van der Waals surface area contributed by atoms with E-state index >= 15 is 0 Å². The van der Waals surface area contributed by atoms with Crippen LogP contribution in [0.3, 0.4) is 0 Å². The lowest BCUT2D eigenvalue weighted by Gasteiger charge is -2.03. The predicted octanol–water partition coefficient (Wildman–Crippen LogP) is 5.02. The SMILES string of the molecule is Cc1ccc(O)c2c(-c3ccc(Br)cc3F)coc12. The third kappa shape index (κ3) is 1.92. The van der Waals surface area contributed by atoms with Gasteiger partial charge >= 0.3 is 0 Å². The summed E-state index contributed by atoms with van der Waals surface area (Å²) in [5.74, 6) is -0.273. The van der Waals surface area contributed by atoms with E-state index in [-0.39, 0.29) is 11.6 Å². The monoisotopic (exact) mass is 320 g/mol. The highest BCUT2D eigenvalue weighted by Crippen LogP contribution is 2.39. The van der Waals surface area contributed by atoms with Gasteiger partial charge in [0, 0.05) is 15.6 Å². The van der Waals surface area contributed by atoms with Gasteiger partial charge in [-0.2, -0.15) is 0 Å². The van der Waals surface area contributed by atoms with Crippen molar-refractivity contribution in [2.45, 2.75) is 6.92 Å². The standard InChI is InChI=1S/C15H10BrFO2/c1-8-2-5-13(18)14-11(7-19-15(8)14)10-4-3-9(16)6-12(10)17/h2-7,18H,1H3. The Balaban J connectivity index is 2.34. The van der Waals surface area contributed by atoms with Crippen LogP contribution in [0.4, 0.5) is 4.39 Å². The lowest BCUT2D eigenvalue weighted by atomic mass is 10.0. The molecule has 0 aliphatic carbocycles. The molecule has 0 aliphatic rings. The molecule has 3 rings (SSSR count). The fourth-order valence-electron chi connectivity index (χ4n) is 2.17. The normalized spacial score (nSPS) is 11.1. The van der Waals surface area contributed by atoms with Gasteiger partial charge in [-0.15, -0.1) is 0 Å². The van der Waals surface area contributed by atoms with Crippen molar-refractivity contribution in [3.8, 4) is 16.9 Å². The topological polar surface area (TPSA) is 33.4 Å². The predicted molar refractivity (Wildman–Crippen MR) is 75.7 cm³/mol. The number of hydrogen-bond acceptors (Lipinski definition) is 2. The van der Waals surface area contributed by atoms with E-state index in [0.29, 0.717) is 26.6 Å². The van der Waals surface area contributed by atoms with E-state index in [9.17, 15) is 9.50 Å². The van der Waals surface area contributed by atoms with Crippen molar-refractivity contribution in [2.24, 2.45) is 0 Å². The summed E-state index contributed by atoms with van der Waals surface area (Å²) in [5.41, 5.74) is 2.44. The average molecular weight is 321 g/mol. The number of benzene rings is 2. The van der Waals surface area contributed by atoms with Crippen molar-refractivity contribution >= 4 is 26.9 Å². The van der Waals surface area contributed by atoms with Crippen molar-refractivity contribution in [2.75, 3.05) is 0 Å². The van der Waals surface area contributed by atoms with E-state index in [0.717, 1.165) is 5.56 Å². The number of fused-ring (bicyclic) bond motifs is 1. The van der Waals surface area contributed by atoms with Crippen molar-refractivity contribution < 1.29 is 13.9 Å². The van der Waals surface area contributed by atoms with Crippen LogP contribution in [0.5, 0.6) is 5.75 Å². The number of phenols is 1. The van der Waals surface area contributed by atoms with Crippen LogP contribution in [0.1, 0.15) is 5.56 Å². The fourth-order valence-corrected chi connectivity index (χ4v) is 2.50. The molecule has 0 aliphatic heterocycles. The number of halogens is 2. The third-order valence-corrected chi connectivity index (χ3v) is 3.61. The van der Waals surface area contributed by atoms with E-state index in [2.05, 4.69) is 15.9 Å². The molecule has 0 fully saturated rings. The molecule has 1 aromatic heterocycles. The number of aryl methyl sites for hydroxylation is 1. The van der Waals surface area contributed by atoms with Gasteiger partial charge in [-0.05, 0) is 30.7 Å². The first kappa shape index (κ1) is 12.2.